The zero-order valence-electron chi connectivity index (χ0n) is 17.9. The summed E-state index contributed by atoms with van der Waals surface area (Å²) in [5.74, 6) is -0.160. The highest BCUT2D eigenvalue weighted by Crippen LogP contribution is 2.49. The number of halogens is 1. The third kappa shape index (κ3) is 3.15. The normalized spacial score (nSPS) is 24.7. The highest BCUT2D eigenvalue weighted by Gasteiger charge is 2.53. The zero-order valence-corrected chi connectivity index (χ0v) is 18.7. The third-order valence-electron chi connectivity index (χ3n) is 6.74. The number of amides is 1. The second kappa shape index (κ2) is 7.66. The van der Waals surface area contributed by atoms with E-state index in [0.717, 1.165) is 31.2 Å². The second-order valence-corrected chi connectivity index (χ2v) is 9.62. The molecule has 1 saturated carbocycles. The Bertz CT molecular complexity index is 1320. The maximum Gasteiger partial charge on any atom is 0.296 e. The van der Waals surface area contributed by atoms with Gasteiger partial charge in [-0.1, -0.05) is 29.9 Å². The van der Waals surface area contributed by atoms with Crippen LogP contribution < -0.4 is 9.64 Å². The van der Waals surface area contributed by atoms with E-state index in [1.54, 1.807) is 13.2 Å². The summed E-state index contributed by atoms with van der Waals surface area (Å²) < 4.78 is 25.9. The van der Waals surface area contributed by atoms with E-state index in [-0.39, 0.29) is 35.3 Å². The molecule has 3 unspecified atom stereocenters. The molecule has 0 saturated heterocycles. The van der Waals surface area contributed by atoms with Crippen molar-refractivity contribution in [1.82, 2.24) is 4.98 Å². The van der Waals surface area contributed by atoms with Crippen LogP contribution in [0, 0.1) is 11.7 Å². The number of methoxy groups -OCH3 is 1. The van der Waals surface area contributed by atoms with Crippen molar-refractivity contribution in [2.24, 2.45) is 5.92 Å². The summed E-state index contributed by atoms with van der Waals surface area (Å²) in [5.41, 5.74) is 1.77. The number of rotatable bonds is 3. The van der Waals surface area contributed by atoms with Crippen LogP contribution in [0.5, 0.6) is 5.75 Å². The molecule has 0 spiro atoms. The third-order valence-corrected chi connectivity index (χ3v) is 7.76. The predicted molar refractivity (Wildman–Crippen MR) is 122 cm³/mol. The molecular formula is C25H21FN2O4S. The number of hydrogen-bond acceptors (Lipinski definition) is 6. The lowest BCUT2D eigenvalue weighted by atomic mass is 9.77. The standard InChI is InChI=1S/C25H21FN2O4S/c1-31-15-9-6-13(7-10-15)21-20-22(29)16-4-2-3-5-18(16)32-23(20)24(30)28(21)25-27-17-11-8-14(26)12-19(17)33-25/h6-12,16,18,21H,2-5H2,1H3. The summed E-state index contributed by atoms with van der Waals surface area (Å²) in [4.78, 5) is 33.5. The highest BCUT2D eigenvalue weighted by molar-refractivity contribution is 7.22. The smallest absolute Gasteiger partial charge is 0.296 e. The van der Waals surface area contributed by atoms with E-state index in [9.17, 15) is 14.0 Å². The molecule has 3 heterocycles. The maximum absolute atomic E-state index is 13.8. The van der Waals surface area contributed by atoms with Crippen molar-refractivity contribution in [1.29, 1.82) is 0 Å². The predicted octanol–water partition coefficient (Wildman–Crippen LogP) is 4.94. The van der Waals surface area contributed by atoms with Crippen molar-refractivity contribution < 1.29 is 23.5 Å². The van der Waals surface area contributed by atoms with Gasteiger partial charge in [0.05, 0.1) is 34.9 Å². The first-order valence-corrected chi connectivity index (χ1v) is 11.9. The molecular weight excluding hydrogens is 443 g/mol. The molecule has 168 valence electrons. The highest BCUT2D eigenvalue weighted by atomic mass is 32.1. The number of ketones is 1. The molecule has 2 aromatic carbocycles. The maximum atomic E-state index is 13.8. The number of aromatic nitrogens is 1. The van der Waals surface area contributed by atoms with E-state index in [2.05, 4.69) is 4.98 Å². The summed E-state index contributed by atoms with van der Waals surface area (Å²) in [6.07, 6.45) is 3.25. The van der Waals surface area contributed by atoms with Crippen molar-refractivity contribution in [2.75, 3.05) is 12.0 Å². The Morgan fingerprint density at radius 2 is 1.91 bits per heavy atom. The van der Waals surface area contributed by atoms with Crippen LogP contribution in [0.2, 0.25) is 0 Å². The molecule has 33 heavy (non-hydrogen) atoms. The van der Waals surface area contributed by atoms with Gasteiger partial charge in [-0.25, -0.2) is 9.37 Å². The Kier molecular flexibility index (Phi) is 4.72. The number of fused-ring (bicyclic) bond motifs is 2. The van der Waals surface area contributed by atoms with E-state index in [4.69, 9.17) is 9.47 Å². The summed E-state index contributed by atoms with van der Waals surface area (Å²) in [6, 6.07) is 11.0. The van der Waals surface area contributed by atoms with Gasteiger partial charge in [0.25, 0.3) is 5.91 Å². The van der Waals surface area contributed by atoms with Gasteiger partial charge in [-0.15, -0.1) is 0 Å². The molecule has 0 radical (unpaired) electrons. The first kappa shape index (κ1) is 20.4. The summed E-state index contributed by atoms with van der Waals surface area (Å²) in [6.45, 7) is 0. The van der Waals surface area contributed by atoms with E-state index in [1.807, 2.05) is 24.3 Å². The van der Waals surface area contributed by atoms with Gasteiger partial charge in [0.15, 0.2) is 16.7 Å². The lowest BCUT2D eigenvalue weighted by molar-refractivity contribution is -0.131. The fourth-order valence-corrected chi connectivity index (χ4v) is 6.15. The van der Waals surface area contributed by atoms with Crippen LogP contribution in [0.25, 0.3) is 10.2 Å². The van der Waals surface area contributed by atoms with Crippen molar-refractivity contribution >= 4 is 38.4 Å². The number of anilines is 1. The fourth-order valence-electron chi connectivity index (χ4n) is 5.13. The van der Waals surface area contributed by atoms with E-state index < -0.39 is 6.04 Å². The second-order valence-electron chi connectivity index (χ2n) is 8.61. The molecule has 0 N–H and O–H groups in total. The minimum Gasteiger partial charge on any atom is -0.497 e. The number of nitrogens with zero attached hydrogens (tertiary/aromatic N) is 2. The van der Waals surface area contributed by atoms with E-state index >= 15 is 0 Å². The van der Waals surface area contributed by atoms with Crippen LogP contribution >= 0.6 is 11.3 Å². The fraction of sp³-hybridized carbons (Fsp3) is 0.320. The molecule has 0 bridgehead atoms. The minimum atomic E-state index is -0.654. The molecule has 1 fully saturated rings. The monoisotopic (exact) mass is 464 g/mol. The van der Waals surface area contributed by atoms with Gasteiger partial charge in [0, 0.05) is 0 Å². The van der Waals surface area contributed by atoms with E-state index in [0.29, 0.717) is 26.7 Å². The van der Waals surface area contributed by atoms with Gasteiger partial charge < -0.3 is 9.47 Å². The lowest BCUT2D eigenvalue weighted by Gasteiger charge is -2.35. The number of carbonyl (C=O) groups excluding carboxylic acids is 2. The summed E-state index contributed by atoms with van der Waals surface area (Å²) >= 11 is 1.23. The number of thiazole rings is 1. The van der Waals surface area contributed by atoms with Crippen LogP contribution in [-0.2, 0) is 14.3 Å². The molecule has 1 aliphatic carbocycles. The summed E-state index contributed by atoms with van der Waals surface area (Å²) in [5, 5.41) is 0.412. The van der Waals surface area contributed by atoms with Gasteiger partial charge in [-0.2, -0.15) is 0 Å². The molecule has 6 rings (SSSR count). The first-order chi connectivity index (χ1) is 16.0. The summed E-state index contributed by atoms with van der Waals surface area (Å²) in [7, 11) is 1.59. The number of Topliss-reactive ketones (excluding diaryl/α,β-unsaturated/α-hetero) is 1. The van der Waals surface area contributed by atoms with Crippen molar-refractivity contribution in [3.63, 3.8) is 0 Å². The van der Waals surface area contributed by atoms with Gasteiger partial charge in [0.2, 0.25) is 0 Å². The SMILES string of the molecule is COc1ccc(C2C3=C(OC4CCCCC4C3=O)C(=O)N2c2nc3ccc(F)cc3s2)cc1. The van der Waals surface area contributed by atoms with Gasteiger partial charge >= 0.3 is 0 Å². The van der Waals surface area contributed by atoms with Crippen molar-refractivity contribution in [2.45, 2.75) is 37.8 Å². The molecule has 1 amide bonds. The Morgan fingerprint density at radius 1 is 1.12 bits per heavy atom. The van der Waals surface area contributed by atoms with E-state index in [1.165, 1.54) is 28.4 Å². The molecule has 3 aliphatic rings. The largest absolute Gasteiger partial charge is 0.497 e. The quantitative estimate of drug-likeness (QED) is 0.549. The average Bonchev–Trinajstić information content (AvgIpc) is 3.37. The zero-order chi connectivity index (χ0) is 22.7. The van der Waals surface area contributed by atoms with Gasteiger partial charge in [-0.3, -0.25) is 14.5 Å². The lowest BCUT2D eigenvalue weighted by Crippen LogP contribution is -2.39. The molecule has 6 nitrogen and oxygen atoms in total. The van der Waals surface area contributed by atoms with Crippen molar-refractivity contribution in [3.05, 3.63) is 65.2 Å². The molecule has 3 aromatic rings. The topological polar surface area (TPSA) is 68.7 Å². The molecule has 2 aliphatic heterocycles. The Morgan fingerprint density at radius 3 is 2.70 bits per heavy atom. The Hall–Kier alpha value is -3.26. The van der Waals surface area contributed by atoms with Crippen LogP contribution in [0.4, 0.5) is 9.52 Å². The van der Waals surface area contributed by atoms with Crippen LogP contribution in [-0.4, -0.2) is 29.9 Å². The van der Waals surface area contributed by atoms with Crippen LogP contribution in [0.15, 0.2) is 53.8 Å². The minimum absolute atomic E-state index is 0.00947. The number of hydrogen-bond donors (Lipinski definition) is 0. The van der Waals surface area contributed by atoms with Crippen LogP contribution in [0.1, 0.15) is 37.3 Å². The van der Waals surface area contributed by atoms with Gasteiger partial charge in [0.1, 0.15) is 17.7 Å². The molecule has 8 heteroatoms. The van der Waals surface area contributed by atoms with Gasteiger partial charge in [-0.05, 0) is 55.2 Å². The Balaban J connectivity index is 1.50. The number of benzene rings is 2. The molecule has 1 aromatic heterocycles. The molecule has 3 atom stereocenters. The van der Waals surface area contributed by atoms with Crippen molar-refractivity contribution in [3.8, 4) is 5.75 Å². The first-order valence-electron chi connectivity index (χ1n) is 11.0. The number of ether oxygens (including phenoxy) is 2. The average molecular weight is 465 g/mol. The Labute approximate surface area is 193 Å². The van der Waals surface area contributed by atoms with Crippen LogP contribution in [0.3, 0.4) is 0 Å². The number of carbonyl (C=O) groups is 2.